The Bertz CT molecular complexity index is 832. The Hall–Kier alpha value is -1.57. The second-order valence-corrected chi connectivity index (χ2v) is 9.08. The predicted molar refractivity (Wildman–Crippen MR) is 93.9 cm³/mol. The molecule has 1 aromatic carbocycles. The highest BCUT2D eigenvalue weighted by molar-refractivity contribution is 7.88. The van der Waals surface area contributed by atoms with Crippen LogP contribution in [0.15, 0.2) is 18.2 Å². The number of ketones is 1. The number of hydrogen-bond acceptors (Lipinski definition) is 4. The number of halogens is 3. The number of benzene rings is 1. The molecule has 0 unspecified atom stereocenters. The summed E-state index contributed by atoms with van der Waals surface area (Å²) in [6.45, 7) is 2.08. The lowest BCUT2D eigenvalue weighted by atomic mass is 9.59. The number of Topliss-reactive ketones (excluding diaryl/α,β-unsaturated/α-hetero) is 1. The van der Waals surface area contributed by atoms with E-state index in [-0.39, 0.29) is 22.9 Å². The fourth-order valence-corrected chi connectivity index (χ4v) is 5.26. The maximum atomic E-state index is 12.6. The molecule has 2 aliphatic carbocycles. The zero-order valence-electron chi connectivity index (χ0n) is 15.1. The van der Waals surface area contributed by atoms with Crippen molar-refractivity contribution >= 4 is 15.9 Å². The van der Waals surface area contributed by atoms with E-state index in [2.05, 4.69) is 11.1 Å². The van der Waals surface area contributed by atoms with E-state index in [1.807, 2.05) is 0 Å². The minimum atomic E-state index is -5.69. The summed E-state index contributed by atoms with van der Waals surface area (Å²) in [5.41, 5.74) is -3.76. The zero-order valence-corrected chi connectivity index (χ0v) is 16.0. The van der Waals surface area contributed by atoms with Gasteiger partial charge in [0.25, 0.3) is 0 Å². The van der Waals surface area contributed by atoms with Crippen molar-refractivity contribution in [3.8, 4) is 5.75 Å². The Labute approximate surface area is 157 Å². The molecule has 0 bridgehead atoms. The Morgan fingerprint density at radius 2 is 2.00 bits per heavy atom. The lowest BCUT2D eigenvalue weighted by molar-refractivity contribution is -0.123. The highest BCUT2D eigenvalue weighted by atomic mass is 32.2. The average molecular weight is 404 g/mol. The standard InChI is InChI=1S/C19H23F3O4S/c1-2-9-18-10-8-15(23)12-14(18)5-3-4-13-11-16(6-7-17(13)18)26-27(24,25)19(20,21)22/h6-7,11,14H,2-5,8-10,12H2,1H3/t14-,18+/m0/s1. The Morgan fingerprint density at radius 3 is 2.67 bits per heavy atom. The van der Waals surface area contributed by atoms with Gasteiger partial charge in [0.05, 0.1) is 0 Å². The quantitative estimate of drug-likeness (QED) is 0.541. The van der Waals surface area contributed by atoms with Crippen LogP contribution in [0.1, 0.15) is 63.0 Å². The van der Waals surface area contributed by atoms with E-state index in [0.29, 0.717) is 19.3 Å². The van der Waals surface area contributed by atoms with Crippen LogP contribution >= 0.6 is 0 Å². The molecule has 4 nitrogen and oxygen atoms in total. The fraction of sp³-hybridized carbons (Fsp3) is 0.632. The Kier molecular flexibility index (Phi) is 5.31. The molecule has 0 aromatic heterocycles. The molecule has 0 radical (unpaired) electrons. The maximum absolute atomic E-state index is 12.6. The van der Waals surface area contributed by atoms with Gasteiger partial charge in [-0.1, -0.05) is 19.4 Å². The molecule has 8 heteroatoms. The van der Waals surface area contributed by atoms with Gasteiger partial charge >= 0.3 is 15.6 Å². The number of carbonyl (C=O) groups is 1. The Balaban J connectivity index is 2.01. The van der Waals surface area contributed by atoms with E-state index >= 15 is 0 Å². The van der Waals surface area contributed by atoms with Crippen molar-refractivity contribution in [3.63, 3.8) is 0 Å². The highest BCUT2D eigenvalue weighted by Crippen LogP contribution is 2.51. The largest absolute Gasteiger partial charge is 0.534 e. The average Bonchev–Trinajstić information content (AvgIpc) is 2.70. The summed E-state index contributed by atoms with van der Waals surface area (Å²) in [6.07, 6.45) is 5.96. The van der Waals surface area contributed by atoms with Gasteiger partial charge in [-0.2, -0.15) is 21.6 Å². The number of fused-ring (bicyclic) bond motifs is 3. The first-order chi connectivity index (χ1) is 12.6. The van der Waals surface area contributed by atoms with Gasteiger partial charge < -0.3 is 4.18 Å². The summed E-state index contributed by atoms with van der Waals surface area (Å²) in [5, 5.41) is 0. The van der Waals surface area contributed by atoms with Gasteiger partial charge in [-0.05, 0) is 66.7 Å². The van der Waals surface area contributed by atoms with E-state index in [9.17, 15) is 26.4 Å². The molecule has 0 heterocycles. The van der Waals surface area contributed by atoms with E-state index in [1.54, 1.807) is 6.07 Å². The van der Waals surface area contributed by atoms with Crippen LogP contribution in [0.3, 0.4) is 0 Å². The molecule has 0 aliphatic heterocycles. The fourth-order valence-electron chi connectivity index (χ4n) is 4.81. The third-order valence-electron chi connectivity index (χ3n) is 5.90. The summed E-state index contributed by atoms with van der Waals surface area (Å²) >= 11 is 0. The predicted octanol–water partition coefficient (Wildman–Crippen LogP) is 4.66. The third kappa shape index (κ3) is 3.73. The molecule has 1 saturated carbocycles. The van der Waals surface area contributed by atoms with Gasteiger partial charge in [0, 0.05) is 12.8 Å². The van der Waals surface area contributed by atoms with Gasteiger partial charge in [0.15, 0.2) is 0 Å². The van der Waals surface area contributed by atoms with Crippen molar-refractivity contribution in [2.75, 3.05) is 0 Å². The smallest absolute Gasteiger partial charge is 0.376 e. The van der Waals surface area contributed by atoms with Crippen LogP contribution in [0.5, 0.6) is 5.75 Å². The first-order valence-electron chi connectivity index (χ1n) is 9.25. The highest BCUT2D eigenvalue weighted by Gasteiger charge is 2.49. The Morgan fingerprint density at radius 1 is 1.26 bits per heavy atom. The molecule has 1 aromatic rings. The normalized spacial score (nSPS) is 26.1. The molecule has 2 aliphatic rings. The van der Waals surface area contributed by atoms with Gasteiger partial charge in [-0.3, -0.25) is 4.79 Å². The number of hydrogen-bond donors (Lipinski definition) is 0. The van der Waals surface area contributed by atoms with Gasteiger partial charge in [-0.25, -0.2) is 0 Å². The molecule has 0 saturated heterocycles. The lowest BCUT2D eigenvalue weighted by Crippen LogP contribution is -2.40. The summed E-state index contributed by atoms with van der Waals surface area (Å²) in [5.74, 6) is 0.181. The third-order valence-corrected chi connectivity index (χ3v) is 6.88. The minimum Gasteiger partial charge on any atom is -0.376 e. The lowest BCUT2D eigenvalue weighted by Gasteiger charge is -2.44. The molecule has 0 N–H and O–H groups in total. The van der Waals surface area contributed by atoms with E-state index in [1.165, 1.54) is 12.1 Å². The van der Waals surface area contributed by atoms with Gasteiger partial charge in [-0.15, -0.1) is 0 Å². The van der Waals surface area contributed by atoms with Crippen LogP contribution in [0, 0.1) is 5.92 Å². The SMILES string of the molecule is CCC[C@@]12CCC(=O)C[C@@H]1CCCc1cc(OS(=O)(=O)C(F)(F)F)ccc12. The monoisotopic (exact) mass is 404 g/mol. The molecular weight excluding hydrogens is 381 g/mol. The number of carbonyl (C=O) groups excluding carboxylic acids is 1. The molecule has 0 spiro atoms. The van der Waals surface area contributed by atoms with Crippen molar-refractivity contribution in [3.05, 3.63) is 29.3 Å². The van der Waals surface area contributed by atoms with Crippen LogP contribution in [0.25, 0.3) is 0 Å². The topological polar surface area (TPSA) is 60.4 Å². The van der Waals surface area contributed by atoms with Crippen molar-refractivity contribution < 1.29 is 30.6 Å². The van der Waals surface area contributed by atoms with Gasteiger partial charge in [0.1, 0.15) is 11.5 Å². The molecule has 1 fully saturated rings. The van der Waals surface area contributed by atoms with Crippen molar-refractivity contribution in [2.45, 2.75) is 69.2 Å². The molecule has 27 heavy (non-hydrogen) atoms. The first-order valence-corrected chi connectivity index (χ1v) is 10.7. The zero-order chi connectivity index (χ0) is 19.9. The number of rotatable bonds is 4. The summed E-state index contributed by atoms with van der Waals surface area (Å²) in [4.78, 5) is 12.0. The van der Waals surface area contributed by atoms with Crippen molar-refractivity contribution in [2.24, 2.45) is 5.92 Å². The maximum Gasteiger partial charge on any atom is 0.534 e. The summed E-state index contributed by atoms with van der Waals surface area (Å²) < 4.78 is 64.7. The second kappa shape index (κ2) is 7.11. The van der Waals surface area contributed by atoms with Crippen molar-refractivity contribution in [1.82, 2.24) is 0 Å². The minimum absolute atomic E-state index is 0.171. The molecular formula is C19H23F3O4S. The van der Waals surface area contributed by atoms with Crippen LogP contribution in [0.2, 0.25) is 0 Å². The van der Waals surface area contributed by atoms with Crippen molar-refractivity contribution in [1.29, 1.82) is 0 Å². The molecule has 2 atom stereocenters. The summed E-state index contributed by atoms with van der Waals surface area (Å²) in [6, 6.07) is 4.44. The van der Waals surface area contributed by atoms with Crippen LogP contribution in [0.4, 0.5) is 13.2 Å². The van der Waals surface area contributed by atoms with Crippen LogP contribution < -0.4 is 4.18 Å². The first kappa shape index (κ1) is 20.2. The van der Waals surface area contributed by atoms with Gasteiger partial charge in [0.2, 0.25) is 0 Å². The van der Waals surface area contributed by atoms with E-state index in [0.717, 1.165) is 43.2 Å². The van der Waals surface area contributed by atoms with E-state index < -0.39 is 15.6 Å². The van der Waals surface area contributed by atoms with Crippen LogP contribution in [-0.4, -0.2) is 19.7 Å². The van der Waals surface area contributed by atoms with E-state index in [4.69, 9.17) is 0 Å². The molecule has 150 valence electrons. The second-order valence-electron chi connectivity index (χ2n) is 7.54. The molecule has 3 rings (SSSR count). The number of aryl methyl sites for hydroxylation is 1. The number of alkyl halides is 3. The van der Waals surface area contributed by atoms with Crippen LogP contribution in [-0.2, 0) is 26.7 Å². The molecule has 0 amide bonds. The summed E-state index contributed by atoms with van der Waals surface area (Å²) in [7, 11) is -5.69.